The minimum absolute atomic E-state index is 0.182. The lowest BCUT2D eigenvalue weighted by molar-refractivity contribution is 0.241. The molecule has 8 heteroatoms. The summed E-state index contributed by atoms with van der Waals surface area (Å²) >= 11 is 0. The molecule has 29 heavy (non-hydrogen) atoms. The van der Waals surface area contributed by atoms with Gasteiger partial charge in [-0.05, 0) is 35.7 Å². The summed E-state index contributed by atoms with van der Waals surface area (Å²) in [5.74, 6) is -0.583. The normalized spacial score (nSPS) is 22.4. The Morgan fingerprint density at radius 2 is 1.69 bits per heavy atom. The van der Waals surface area contributed by atoms with Gasteiger partial charge in [0.2, 0.25) is 5.95 Å². The number of hydrogen-bond donors (Lipinski definition) is 0. The zero-order valence-corrected chi connectivity index (χ0v) is 15.8. The molecule has 3 atom stereocenters. The molecule has 0 unspecified atom stereocenters. The van der Waals surface area contributed by atoms with Crippen molar-refractivity contribution in [2.75, 3.05) is 18.0 Å². The van der Waals surface area contributed by atoms with Crippen LogP contribution in [0.25, 0.3) is 11.1 Å². The lowest BCUT2D eigenvalue weighted by atomic mass is 10.1. The van der Waals surface area contributed by atoms with E-state index in [9.17, 15) is 8.78 Å². The quantitative estimate of drug-likeness (QED) is 0.661. The molecule has 0 radical (unpaired) electrons. The Balaban J connectivity index is 1.26. The predicted molar refractivity (Wildman–Crippen MR) is 102 cm³/mol. The number of piperidine rings is 1. The fraction of sp³-hybridized carbons (Fsp3) is 0.333. The molecular formula is C21H19F2N5O. The van der Waals surface area contributed by atoms with E-state index < -0.39 is 11.6 Å². The third-order valence-corrected chi connectivity index (χ3v) is 5.67. The molecule has 1 aromatic carbocycles. The Morgan fingerprint density at radius 1 is 1.00 bits per heavy atom. The Hall–Kier alpha value is -3.16. The van der Waals surface area contributed by atoms with Crippen molar-refractivity contribution in [3.8, 4) is 16.9 Å². The molecule has 0 bridgehead atoms. The zero-order valence-electron chi connectivity index (χ0n) is 15.8. The van der Waals surface area contributed by atoms with Crippen molar-refractivity contribution in [1.29, 1.82) is 0 Å². The SMILES string of the molecule is CCc1cnc(N2C[C@@H]3[C@H](C2)[C@H]3Oc2c(F)cc(-c3ccnnc3)cc2F)nc1. The number of fused-ring (bicyclic) bond motifs is 1. The molecule has 148 valence electrons. The molecule has 2 fully saturated rings. The Kier molecular flexibility index (Phi) is 4.34. The average molecular weight is 395 g/mol. The summed E-state index contributed by atoms with van der Waals surface area (Å²) in [6, 6.07) is 4.18. The fourth-order valence-corrected chi connectivity index (χ4v) is 3.94. The molecule has 0 spiro atoms. The maximum absolute atomic E-state index is 14.5. The van der Waals surface area contributed by atoms with Gasteiger partial charge in [0.1, 0.15) is 6.10 Å². The van der Waals surface area contributed by atoms with Gasteiger partial charge in [-0.2, -0.15) is 10.2 Å². The van der Waals surface area contributed by atoms with Crippen LogP contribution in [0.5, 0.6) is 5.75 Å². The molecular weight excluding hydrogens is 376 g/mol. The van der Waals surface area contributed by atoms with Crippen LogP contribution in [-0.4, -0.2) is 39.4 Å². The highest BCUT2D eigenvalue weighted by molar-refractivity contribution is 5.63. The third kappa shape index (κ3) is 3.28. The number of halogens is 2. The molecule has 1 aliphatic carbocycles. The van der Waals surface area contributed by atoms with Crippen molar-refractivity contribution in [1.82, 2.24) is 20.2 Å². The Morgan fingerprint density at radius 3 is 2.28 bits per heavy atom. The summed E-state index contributed by atoms with van der Waals surface area (Å²) in [5, 5.41) is 7.42. The zero-order chi connectivity index (χ0) is 20.0. The van der Waals surface area contributed by atoms with E-state index in [4.69, 9.17) is 4.74 Å². The molecule has 3 heterocycles. The molecule has 2 aromatic heterocycles. The first-order valence-electron chi connectivity index (χ1n) is 9.62. The second-order valence-electron chi connectivity index (χ2n) is 7.46. The van der Waals surface area contributed by atoms with Crippen LogP contribution in [0.15, 0.2) is 43.0 Å². The third-order valence-electron chi connectivity index (χ3n) is 5.67. The van der Waals surface area contributed by atoms with Crippen LogP contribution in [-0.2, 0) is 6.42 Å². The van der Waals surface area contributed by atoms with Crippen molar-refractivity contribution in [3.05, 3.63) is 60.2 Å². The van der Waals surface area contributed by atoms with Gasteiger partial charge in [0.25, 0.3) is 0 Å². The van der Waals surface area contributed by atoms with Crippen LogP contribution in [0, 0.1) is 23.5 Å². The standard InChI is InChI=1S/C21H19F2N5O/c1-2-12-7-24-21(25-8-12)28-10-15-16(11-28)19(15)29-20-17(22)5-14(6-18(20)23)13-3-4-26-27-9-13/h3-9,15-16,19H,2,10-11H2,1H3/t15-,16+,19+. The van der Waals surface area contributed by atoms with Crippen LogP contribution in [0.1, 0.15) is 12.5 Å². The number of anilines is 1. The highest BCUT2D eigenvalue weighted by atomic mass is 19.1. The molecule has 3 aromatic rings. The maximum Gasteiger partial charge on any atom is 0.225 e. The molecule has 1 saturated carbocycles. The number of aromatic nitrogens is 4. The summed E-state index contributed by atoms with van der Waals surface area (Å²) in [6.45, 7) is 3.51. The maximum atomic E-state index is 14.5. The number of hydrogen-bond acceptors (Lipinski definition) is 6. The molecule has 6 nitrogen and oxygen atoms in total. The van der Waals surface area contributed by atoms with Crippen molar-refractivity contribution in [2.45, 2.75) is 19.4 Å². The second kappa shape index (κ2) is 7.02. The van der Waals surface area contributed by atoms with Gasteiger partial charge in [-0.1, -0.05) is 6.92 Å². The minimum Gasteiger partial charge on any atom is -0.484 e. The minimum atomic E-state index is -0.711. The van der Waals surface area contributed by atoms with Gasteiger partial charge in [0, 0.05) is 42.9 Å². The van der Waals surface area contributed by atoms with Crippen molar-refractivity contribution in [3.63, 3.8) is 0 Å². The molecule has 1 aliphatic heterocycles. The summed E-state index contributed by atoms with van der Waals surface area (Å²) < 4.78 is 34.8. The fourth-order valence-electron chi connectivity index (χ4n) is 3.94. The number of aryl methyl sites for hydroxylation is 1. The van der Waals surface area contributed by atoms with E-state index in [1.807, 2.05) is 12.4 Å². The first-order valence-corrected chi connectivity index (χ1v) is 9.62. The number of nitrogens with zero attached hydrogens (tertiary/aromatic N) is 5. The largest absolute Gasteiger partial charge is 0.484 e. The first-order chi connectivity index (χ1) is 14.1. The number of ether oxygens (including phenoxy) is 1. The topological polar surface area (TPSA) is 64.0 Å². The van der Waals surface area contributed by atoms with E-state index >= 15 is 0 Å². The van der Waals surface area contributed by atoms with Gasteiger partial charge in [-0.3, -0.25) is 0 Å². The van der Waals surface area contributed by atoms with Crippen molar-refractivity contribution in [2.24, 2.45) is 11.8 Å². The van der Waals surface area contributed by atoms with Gasteiger partial charge < -0.3 is 9.64 Å². The van der Waals surface area contributed by atoms with E-state index in [0.29, 0.717) is 17.1 Å². The van der Waals surface area contributed by atoms with Crippen LogP contribution in [0.3, 0.4) is 0 Å². The number of rotatable bonds is 5. The van der Waals surface area contributed by atoms with E-state index in [-0.39, 0.29) is 23.7 Å². The Labute approximate surface area is 166 Å². The van der Waals surface area contributed by atoms with Crippen LogP contribution < -0.4 is 9.64 Å². The summed E-state index contributed by atoms with van der Waals surface area (Å²) in [6.07, 6.45) is 7.33. The van der Waals surface area contributed by atoms with Gasteiger partial charge in [0.05, 0.1) is 12.4 Å². The van der Waals surface area contributed by atoms with E-state index in [1.165, 1.54) is 24.5 Å². The van der Waals surface area contributed by atoms with Gasteiger partial charge >= 0.3 is 0 Å². The first kappa shape index (κ1) is 17.9. The second-order valence-corrected chi connectivity index (χ2v) is 7.46. The Bertz CT molecular complexity index is 996. The predicted octanol–water partition coefficient (Wildman–Crippen LogP) is 3.29. The van der Waals surface area contributed by atoms with Crippen molar-refractivity contribution < 1.29 is 13.5 Å². The summed E-state index contributed by atoms with van der Waals surface area (Å²) in [4.78, 5) is 10.9. The molecule has 0 amide bonds. The highest BCUT2D eigenvalue weighted by Crippen LogP contribution is 2.49. The van der Waals surface area contributed by atoms with Gasteiger partial charge in [0.15, 0.2) is 17.4 Å². The van der Waals surface area contributed by atoms with Crippen LogP contribution in [0.2, 0.25) is 0 Å². The summed E-state index contributed by atoms with van der Waals surface area (Å²) in [7, 11) is 0. The van der Waals surface area contributed by atoms with Crippen LogP contribution in [0.4, 0.5) is 14.7 Å². The molecule has 2 aliphatic rings. The monoisotopic (exact) mass is 395 g/mol. The molecule has 1 saturated heterocycles. The van der Waals surface area contributed by atoms with E-state index in [2.05, 4.69) is 32.0 Å². The number of benzene rings is 1. The molecule has 5 rings (SSSR count). The lowest BCUT2D eigenvalue weighted by Crippen LogP contribution is -2.28. The highest BCUT2D eigenvalue weighted by Gasteiger charge is 2.59. The lowest BCUT2D eigenvalue weighted by Gasteiger charge is -2.20. The smallest absolute Gasteiger partial charge is 0.225 e. The van der Waals surface area contributed by atoms with Gasteiger partial charge in [-0.25, -0.2) is 18.7 Å². The van der Waals surface area contributed by atoms with E-state index in [0.717, 1.165) is 25.1 Å². The van der Waals surface area contributed by atoms with Gasteiger partial charge in [-0.15, -0.1) is 0 Å². The van der Waals surface area contributed by atoms with Crippen LogP contribution >= 0.6 is 0 Å². The average Bonchev–Trinajstić information content (AvgIpc) is 3.18. The molecule has 0 N–H and O–H groups in total. The van der Waals surface area contributed by atoms with Crippen molar-refractivity contribution >= 4 is 5.95 Å². The summed E-state index contributed by atoms with van der Waals surface area (Å²) in [5.41, 5.74) is 2.09. The van der Waals surface area contributed by atoms with E-state index in [1.54, 1.807) is 6.07 Å².